The van der Waals surface area contributed by atoms with E-state index in [0.717, 1.165) is 30.9 Å². The summed E-state index contributed by atoms with van der Waals surface area (Å²) >= 11 is 0. The second-order valence-electron chi connectivity index (χ2n) is 8.03. The summed E-state index contributed by atoms with van der Waals surface area (Å²) in [5.41, 5.74) is 2.77. The number of fused-ring (bicyclic) bond motifs is 1. The van der Waals surface area contributed by atoms with Crippen LogP contribution >= 0.6 is 0 Å². The summed E-state index contributed by atoms with van der Waals surface area (Å²) in [7, 11) is 1.51. The monoisotopic (exact) mass is 437 g/mol. The second kappa shape index (κ2) is 9.67. The van der Waals surface area contributed by atoms with Crippen LogP contribution in [0.2, 0.25) is 0 Å². The molecule has 1 saturated heterocycles. The van der Waals surface area contributed by atoms with Gasteiger partial charge in [0.25, 0.3) is 0 Å². The zero-order valence-electron chi connectivity index (χ0n) is 18.0. The Morgan fingerprint density at radius 3 is 2.91 bits per heavy atom. The Labute approximate surface area is 186 Å². The Hall–Kier alpha value is -3.62. The minimum Gasteiger partial charge on any atom is -0.481 e. The molecule has 168 valence electrons. The molecule has 2 aromatic heterocycles. The summed E-state index contributed by atoms with van der Waals surface area (Å²) in [5, 5.41) is 15.4. The molecule has 0 bridgehead atoms. The number of carbonyl (C=O) groups excluding carboxylic acids is 1. The van der Waals surface area contributed by atoms with Crippen LogP contribution in [0.1, 0.15) is 35.7 Å². The summed E-state index contributed by atoms with van der Waals surface area (Å²) in [6.45, 7) is 2.10. The van der Waals surface area contributed by atoms with Crippen LogP contribution < -0.4 is 15.4 Å². The van der Waals surface area contributed by atoms with E-state index in [-0.39, 0.29) is 18.4 Å². The minimum atomic E-state index is -0.998. The van der Waals surface area contributed by atoms with E-state index in [1.54, 1.807) is 17.0 Å². The molecule has 1 unspecified atom stereocenters. The minimum absolute atomic E-state index is 0.227. The Bertz CT molecular complexity index is 1000. The number of carboxylic acid groups (broad SMARTS) is 1. The van der Waals surface area contributed by atoms with Gasteiger partial charge in [-0.25, -0.2) is 14.8 Å². The summed E-state index contributed by atoms with van der Waals surface area (Å²) in [6, 6.07) is 6.54. The highest BCUT2D eigenvalue weighted by Gasteiger charge is 2.30. The SMILES string of the molecule is COc1ccc(C(CC(=O)O)NC(=O)N2CC(/C=C/c3ccc4c(n3)NCCC4)C2)cn1. The van der Waals surface area contributed by atoms with Crippen LogP contribution in [-0.2, 0) is 11.2 Å². The molecule has 9 heteroatoms. The van der Waals surface area contributed by atoms with E-state index >= 15 is 0 Å². The van der Waals surface area contributed by atoms with Crippen molar-refractivity contribution in [2.45, 2.75) is 25.3 Å². The van der Waals surface area contributed by atoms with Gasteiger partial charge in [-0.3, -0.25) is 4.79 Å². The molecule has 3 N–H and O–H groups in total. The number of nitrogens with zero attached hydrogens (tertiary/aromatic N) is 3. The first-order valence-corrected chi connectivity index (χ1v) is 10.7. The normalized spacial score (nSPS) is 16.6. The number of aryl methyl sites for hydroxylation is 1. The zero-order chi connectivity index (χ0) is 22.5. The highest BCUT2D eigenvalue weighted by Crippen LogP contribution is 2.23. The highest BCUT2D eigenvalue weighted by molar-refractivity contribution is 5.77. The first-order chi connectivity index (χ1) is 15.5. The molecule has 1 fully saturated rings. The van der Waals surface area contributed by atoms with Gasteiger partial charge in [0.15, 0.2) is 0 Å². The predicted molar refractivity (Wildman–Crippen MR) is 119 cm³/mol. The van der Waals surface area contributed by atoms with E-state index in [1.165, 1.54) is 18.9 Å². The third-order valence-electron chi connectivity index (χ3n) is 5.70. The van der Waals surface area contributed by atoms with Gasteiger partial charge in [0.1, 0.15) is 5.82 Å². The Morgan fingerprint density at radius 1 is 1.34 bits per heavy atom. The Balaban J connectivity index is 1.31. The number of hydrogen-bond donors (Lipinski definition) is 3. The summed E-state index contributed by atoms with van der Waals surface area (Å²) in [6.07, 6.45) is 7.55. The number of aromatic nitrogens is 2. The molecule has 32 heavy (non-hydrogen) atoms. The number of likely N-dealkylation sites (tertiary alicyclic amines) is 1. The molecule has 4 rings (SSSR count). The number of rotatable bonds is 7. The number of aliphatic carboxylic acids is 1. The van der Waals surface area contributed by atoms with Crippen LogP contribution in [0.4, 0.5) is 10.6 Å². The van der Waals surface area contributed by atoms with Crippen molar-refractivity contribution < 1.29 is 19.4 Å². The summed E-state index contributed by atoms with van der Waals surface area (Å²) in [4.78, 5) is 34.3. The molecule has 0 aliphatic carbocycles. The number of amides is 2. The molecule has 9 nitrogen and oxygen atoms in total. The predicted octanol–water partition coefficient (Wildman–Crippen LogP) is 2.71. The fourth-order valence-electron chi connectivity index (χ4n) is 3.86. The van der Waals surface area contributed by atoms with Crippen molar-refractivity contribution in [3.8, 4) is 5.88 Å². The van der Waals surface area contributed by atoms with E-state index in [9.17, 15) is 14.7 Å². The van der Waals surface area contributed by atoms with Crippen molar-refractivity contribution in [2.75, 3.05) is 32.1 Å². The highest BCUT2D eigenvalue weighted by atomic mass is 16.5. The van der Waals surface area contributed by atoms with E-state index in [0.29, 0.717) is 24.5 Å². The number of carbonyl (C=O) groups is 2. The summed E-state index contributed by atoms with van der Waals surface area (Å²) in [5.74, 6) is 0.635. The van der Waals surface area contributed by atoms with Gasteiger partial charge in [-0.15, -0.1) is 0 Å². The Morgan fingerprint density at radius 2 is 2.19 bits per heavy atom. The average Bonchev–Trinajstić information content (AvgIpc) is 2.77. The van der Waals surface area contributed by atoms with Gasteiger partial charge in [0.2, 0.25) is 5.88 Å². The van der Waals surface area contributed by atoms with E-state index in [2.05, 4.69) is 32.7 Å². The summed E-state index contributed by atoms with van der Waals surface area (Å²) < 4.78 is 5.03. The molecule has 2 aliphatic rings. The van der Waals surface area contributed by atoms with Gasteiger partial charge in [-0.05, 0) is 36.1 Å². The number of hydrogen-bond acceptors (Lipinski definition) is 6. The lowest BCUT2D eigenvalue weighted by molar-refractivity contribution is -0.137. The fourth-order valence-corrected chi connectivity index (χ4v) is 3.86. The van der Waals surface area contributed by atoms with Crippen molar-refractivity contribution >= 4 is 23.9 Å². The quantitative estimate of drug-likeness (QED) is 0.610. The smallest absolute Gasteiger partial charge is 0.317 e. The van der Waals surface area contributed by atoms with Crippen molar-refractivity contribution in [2.24, 2.45) is 5.92 Å². The van der Waals surface area contributed by atoms with Gasteiger partial charge in [-0.2, -0.15) is 0 Å². The van der Waals surface area contributed by atoms with E-state index in [4.69, 9.17) is 4.74 Å². The number of carboxylic acids is 1. The van der Waals surface area contributed by atoms with Crippen molar-refractivity contribution in [1.29, 1.82) is 0 Å². The molecular weight excluding hydrogens is 410 g/mol. The van der Waals surface area contributed by atoms with Crippen LogP contribution in [0.5, 0.6) is 5.88 Å². The lowest BCUT2D eigenvalue weighted by Gasteiger charge is -2.38. The first kappa shape index (κ1) is 21.6. The van der Waals surface area contributed by atoms with Crippen molar-refractivity contribution in [1.82, 2.24) is 20.2 Å². The van der Waals surface area contributed by atoms with Gasteiger partial charge >= 0.3 is 12.0 Å². The van der Waals surface area contributed by atoms with Gasteiger partial charge in [0, 0.05) is 37.8 Å². The molecule has 4 heterocycles. The van der Waals surface area contributed by atoms with Crippen molar-refractivity contribution in [3.05, 3.63) is 53.4 Å². The third kappa shape index (κ3) is 5.16. The standard InChI is InChI=1S/C23H27N5O4/c1-32-20-9-6-17(12-25-20)19(11-21(29)30)27-23(31)28-13-15(14-28)4-7-18-8-5-16-3-2-10-24-22(16)26-18/h4-9,12,15,19H,2-3,10-11,13-14H2,1H3,(H,24,26)(H,27,31)(H,29,30)/b7-4+. The zero-order valence-corrected chi connectivity index (χ0v) is 18.0. The molecular formula is C23H27N5O4. The number of pyridine rings is 2. The average molecular weight is 438 g/mol. The topological polar surface area (TPSA) is 117 Å². The number of ether oxygens (including phenoxy) is 1. The van der Waals surface area contributed by atoms with Crippen LogP contribution in [0, 0.1) is 5.92 Å². The van der Waals surface area contributed by atoms with E-state index < -0.39 is 12.0 Å². The third-order valence-corrected chi connectivity index (χ3v) is 5.70. The van der Waals surface area contributed by atoms with Crippen molar-refractivity contribution in [3.63, 3.8) is 0 Å². The second-order valence-corrected chi connectivity index (χ2v) is 8.03. The molecule has 2 aliphatic heterocycles. The van der Waals surface area contributed by atoms with Crippen LogP contribution in [0.15, 0.2) is 36.5 Å². The molecule has 0 radical (unpaired) electrons. The maximum Gasteiger partial charge on any atom is 0.317 e. The van der Waals surface area contributed by atoms with Crippen LogP contribution in [0.25, 0.3) is 6.08 Å². The molecule has 1 atom stereocenters. The Kier molecular flexibility index (Phi) is 6.53. The van der Waals surface area contributed by atoms with E-state index in [1.807, 2.05) is 12.1 Å². The van der Waals surface area contributed by atoms with Gasteiger partial charge < -0.3 is 25.4 Å². The number of nitrogens with one attached hydrogen (secondary N) is 2. The number of methoxy groups -OCH3 is 1. The molecule has 0 aromatic carbocycles. The largest absolute Gasteiger partial charge is 0.481 e. The number of urea groups is 1. The fraction of sp³-hybridized carbons (Fsp3) is 0.391. The maximum atomic E-state index is 12.6. The van der Waals surface area contributed by atoms with Gasteiger partial charge in [0.05, 0.1) is 25.3 Å². The molecule has 2 aromatic rings. The van der Waals surface area contributed by atoms with Gasteiger partial charge in [-0.1, -0.05) is 18.2 Å². The molecule has 0 saturated carbocycles. The number of anilines is 1. The van der Waals surface area contributed by atoms with Crippen LogP contribution in [-0.4, -0.2) is 58.7 Å². The molecule has 2 amide bonds. The lowest BCUT2D eigenvalue weighted by Crippen LogP contribution is -2.53. The maximum absolute atomic E-state index is 12.6. The molecule has 0 spiro atoms. The van der Waals surface area contributed by atoms with Crippen LogP contribution in [0.3, 0.4) is 0 Å². The first-order valence-electron chi connectivity index (χ1n) is 10.7. The lowest BCUT2D eigenvalue weighted by atomic mass is 9.99.